The van der Waals surface area contributed by atoms with E-state index < -0.39 is 0 Å². The van der Waals surface area contributed by atoms with Crippen LogP contribution in [-0.2, 0) is 0 Å². The van der Waals surface area contributed by atoms with Crippen LogP contribution in [0, 0.1) is 11.7 Å². The average Bonchev–Trinajstić information content (AvgIpc) is 3.03. The fraction of sp³-hybridized carbons (Fsp3) is 0.278. The maximum Gasteiger partial charge on any atom is 0.251 e. The van der Waals surface area contributed by atoms with Crippen molar-refractivity contribution in [3.05, 3.63) is 66.0 Å². The summed E-state index contributed by atoms with van der Waals surface area (Å²) in [4.78, 5) is 14.3. The first-order valence-corrected chi connectivity index (χ1v) is 7.56. The van der Waals surface area contributed by atoms with Crippen LogP contribution in [0.25, 0.3) is 0 Å². The summed E-state index contributed by atoms with van der Waals surface area (Å²) in [6, 6.07) is 15.8. The Labute approximate surface area is 129 Å². The zero-order chi connectivity index (χ0) is 15.4. The molecule has 0 spiro atoms. The highest BCUT2D eigenvalue weighted by Gasteiger charge is 2.23. The molecule has 0 aromatic heterocycles. The van der Waals surface area contributed by atoms with Gasteiger partial charge in [0.15, 0.2) is 0 Å². The summed E-state index contributed by atoms with van der Waals surface area (Å²) in [5.74, 6) is 0.188. The van der Waals surface area contributed by atoms with Crippen molar-refractivity contribution in [2.24, 2.45) is 5.92 Å². The van der Waals surface area contributed by atoms with Crippen LogP contribution in [-0.4, -0.2) is 25.5 Å². The fourth-order valence-corrected chi connectivity index (χ4v) is 2.81. The SMILES string of the molecule is O=C(NCC1CCN(c2ccc(F)cc2)C1)c1ccccc1. The topological polar surface area (TPSA) is 32.3 Å². The Morgan fingerprint density at radius 2 is 1.86 bits per heavy atom. The van der Waals surface area contributed by atoms with Crippen molar-refractivity contribution in [2.75, 3.05) is 24.5 Å². The summed E-state index contributed by atoms with van der Waals surface area (Å²) in [6.07, 6.45) is 1.03. The highest BCUT2D eigenvalue weighted by molar-refractivity contribution is 5.94. The van der Waals surface area contributed by atoms with Gasteiger partial charge in [0.2, 0.25) is 0 Å². The van der Waals surface area contributed by atoms with Crippen molar-refractivity contribution in [1.82, 2.24) is 5.32 Å². The lowest BCUT2D eigenvalue weighted by Crippen LogP contribution is -2.31. The lowest BCUT2D eigenvalue weighted by molar-refractivity contribution is 0.0948. The van der Waals surface area contributed by atoms with E-state index in [4.69, 9.17) is 0 Å². The third-order valence-corrected chi connectivity index (χ3v) is 4.06. The number of benzene rings is 2. The maximum absolute atomic E-state index is 13.0. The maximum atomic E-state index is 13.0. The van der Waals surface area contributed by atoms with Gasteiger partial charge in [-0.2, -0.15) is 0 Å². The molecule has 3 rings (SSSR count). The van der Waals surface area contributed by atoms with Gasteiger partial charge in [-0.3, -0.25) is 4.79 Å². The van der Waals surface area contributed by atoms with Gasteiger partial charge in [-0.15, -0.1) is 0 Å². The fourth-order valence-electron chi connectivity index (χ4n) is 2.81. The molecule has 1 unspecified atom stereocenters. The second-order valence-corrected chi connectivity index (χ2v) is 5.65. The molecule has 1 aliphatic heterocycles. The number of amides is 1. The predicted octanol–water partition coefficient (Wildman–Crippen LogP) is 3.08. The van der Waals surface area contributed by atoms with Gasteiger partial charge < -0.3 is 10.2 Å². The molecule has 0 saturated carbocycles. The molecule has 0 radical (unpaired) electrons. The molecule has 4 heteroatoms. The molecule has 2 aromatic rings. The average molecular weight is 298 g/mol. The number of hydrogen-bond acceptors (Lipinski definition) is 2. The molecule has 22 heavy (non-hydrogen) atoms. The van der Waals surface area contributed by atoms with Crippen molar-refractivity contribution in [3.63, 3.8) is 0 Å². The summed E-state index contributed by atoms with van der Waals surface area (Å²) in [6.45, 7) is 2.50. The van der Waals surface area contributed by atoms with Gasteiger partial charge in [-0.05, 0) is 48.7 Å². The third kappa shape index (κ3) is 3.45. The third-order valence-electron chi connectivity index (χ3n) is 4.06. The number of carbonyl (C=O) groups excluding carboxylic acids is 1. The van der Waals surface area contributed by atoms with Crippen molar-refractivity contribution >= 4 is 11.6 Å². The predicted molar refractivity (Wildman–Crippen MR) is 85.5 cm³/mol. The standard InChI is InChI=1S/C18H19FN2O/c19-16-6-8-17(9-7-16)21-11-10-14(13-21)12-20-18(22)15-4-2-1-3-5-15/h1-9,14H,10-13H2,(H,20,22). The van der Waals surface area contributed by atoms with Crippen LogP contribution in [0.1, 0.15) is 16.8 Å². The zero-order valence-corrected chi connectivity index (χ0v) is 12.3. The molecule has 3 nitrogen and oxygen atoms in total. The minimum atomic E-state index is -0.213. The van der Waals surface area contributed by atoms with Crippen LogP contribution in [0.3, 0.4) is 0 Å². The highest BCUT2D eigenvalue weighted by atomic mass is 19.1. The van der Waals surface area contributed by atoms with Gasteiger partial charge in [0, 0.05) is 30.9 Å². The second-order valence-electron chi connectivity index (χ2n) is 5.65. The molecule has 1 heterocycles. The normalized spacial score (nSPS) is 17.5. The molecule has 114 valence electrons. The van der Waals surface area contributed by atoms with E-state index in [0.29, 0.717) is 18.0 Å². The summed E-state index contributed by atoms with van der Waals surface area (Å²) in [7, 11) is 0. The van der Waals surface area contributed by atoms with Gasteiger partial charge in [0.25, 0.3) is 5.91 Å². The van der Waals surface area contributed by atoms with Gasteiger partial charge in [0.1, 0.15) is 5.82 Å². The molecular weight excluding hydrogens is 279 g/mol. The molecule has 1 fully saturated rings. The highest BCUT2D eigenvalue weighted by Crippen LogP contribution is 2.23. The largest absolute Gasteiger partial charge is 0.371 e. The van der Waals surface area contributed by atoms with E-state index in [1.165, 1.54) is 12.1 Å². The molecule has 1 saturated heterocycles. The van der Waals surface area contributed by atoms with Crippen molar-refractivity contribution < 1.29 is 9.18 Å². The van der Waals surface area contributed by atoms with Gasteiger partial charge in [-0.1, -0.05) is 18.2 Å². The van der Waals surface area contributed by atoms with E-state index in [9.17, 15) is 9.18 Å². The van der Waals surface area contributed by atoms with Crippen LogP contribution in [0.5, 0.6) is 0 Å². The first-order chi connectivity index (χ1) is 10.7. The first kappa shape index (κ1) is 14.6. The summed E-state index contributed by atoms with van der Waals surface area (Å²) in [5.41, 5.74) is 1.73. The Morgan fingerprint density at radius 3 is 2.59 bits per heavy atom. The Kier molecular flexibility index (Phi) is 4.37. The van der Waals surface area contributed by atoms with Crippen molar-refractivity contribution in [3.8, 4) is 0 Å². The Balaban J connectivity index is 1.51. The monoisotopic (exact) mass is 298 g/mol. The number of nitrogens with one attached hydrogen (secondary N) is 1. The lowest BCUT2D eigenvalue weighted by Gasteiger charge is -2.18. The molecule has 1 N–H and O–H groups in total. The van der Waals surface area contributed by atoms with E-state index in [1.807, 2.05) is 30.3 Å². The van der Waals surface area contributed by atoms with Crippen LogP contribution in [0.2, 0.25) is 0 Å². The Hall–Kier alpha value is -2.36. The molecule has 0 bridgehead atoms. The number of rotatable bonds is 4. The van der Waals surface area contributed by atoms with Gasteiger partial charge >= 0.3 is 0 Å². The smallest absolute Gasteiger partial charge is 0.251 e. The molecular formula is C18H19FN2O. The van der Waals surface area contributed by atoms with E-state index >= 15 is 0 Å². The van der Waals surface area contributed by atoms with Gasteiger partial charge in [0.05, 0.1) is 0 Å². The summed E-state index contributed by atoms with van der Waals surface area (Å²) < 4.78 is 13.0. The number of anilines is 1. The number of nitrogens with zero attached hydrogens (tertiary/aromatic N) is 1. The first-order valence-electron chi connectivity index (χ1n) is 7.56. The van der Waals surface area contributed by atoms with Gasteiger partial charge in [-0.25, -0.2) is 4.39 Å². The number of hydrogen-bond donors (Lipinski definition) is 1. The summed E-state index contributed by atoms with van der Waals surface area (Å²) in [5, 5.41) is 3.00. The molecule has 2 aromatic carbocycles. The molecule has 1 aliphatic rings. The molecule has 1 atom stereocenters. The van der Waals surface area contributed by atoms with Crippen LogP contribution >= 0.6 is 0 Å². The van der Waals surface area contributed by atoms with Crippen LogP contribution < -0.4 is 10.2 Å². The minimum absolute atomic E-state index is 0.0270. The van der Waals surface area contributed by atoms with E-state index in [1.54, 1.807) is 12.1 Å². The Morgan fingerprint density at radius 1 is 1.14 bits per heavy atom. The second kappa shape index (κ2) is 6.60. The number of carbonyl (C=O) groups is 1. The summed E-state index contributed by atoms with van der Waals surface area (Å²) >= 11 is 0. The minimum Gasteiger partial charge on any atom is -0.371 e. The quantitative estimate of drug-likeness (QED) is 0.941. The van der Waals surface area contributed by atoms with Crippen molar-refractivity contribution in [2.45, 2.75) is 6.42 Å². The lowest BCUT2D eigenvalue weighted by atomic mass is 10.1. The Bertz CT molecular complexity index is 627. The van der Waals surface area contributed by atoms with E-state index in [-0.39, 0.29) is 11.7 Å². The molecule has 0 aliphatic carbocycles. The van der Waals surface area contributed by atoms with E-state index in [0.717, 1.165) is 25.2 Å². The van der Waals surface area contributed by atoms with Crippen LogP contribution in [0.15, 0.2) is 54.6 Å². The molecule has 1 amide bonds. The van der Waals surface area contributed by atoms with Crippen LogP contribution in [0.4, 0.5) is 10.1 Å². The zero-order valence-electron chi connectivity index (χ0n) is 12.3. The van der Waals surface area contributed by atoms with Crippen molar-refractivity contribution in [1.29, 1.82) is 0 Å². The van der Waals surface area contributed by atoms with E-state index in [2.05, 4.69) is 10.2 Å². The number of halogens is 1.